The smallest absolute Gasteiger partial charge is 0.120 e. The molecule has 3 heteroatoms. The van der Waals surface area contributed by atoms with Crippen molar-refractivity contribution in [2.45, 2.75) is 19.4 Å². The molecule has 0 aliphatic heterocycles. The fraction of sp³-hybridized carbons (Fsp3) is 0.273. The molecule has 0 aliphatic carbocycles. The molecule has 0 amide bonds. The Morgan fingerprint density at radius 3 is 2.14 bits per heavy atom. The van der Waals surface area contributed by atoms with Crippen LogP contribution in [0.5, 0.6) is 0 Å². The molecular formula is C11H10Cl2O. The third kappa shape index (κ3) is 3.23. The van der Waals surface area contributed by atoms with Gasteiger partial charge in [0, 0.05) is 0 Å². The Labute approximate surface area is 93.7 Å². The zero-order valence-electron chi connectivity index (χ0n) is 7.94. The van der Waals surface area contributed by atoms with Crippen LogP contribution in [0, 0.1) is 11.8 Å². The highest BCUT2D eigenvalue weighted by Crippen LogP contribution is 2.23. The molecule has 0 fully saturated rings. The van der Waals surface area contributed by atoms with Gasteiger partial charge in [0.2, 0.25) is 0 Å². The number of halogens is 2. The normalized spacial score (nSPS) is 10.6. The van der Waals surface area contributed by atoms with Gasteiger partial charge in [0.1, 0.15) is 5.60 Å². The molecule has 0 spiro atoms. The van der Waals surface area contributed by atoms with Gasteiger partial charge in [0.15, 0.2) is 0 Å². The lowest BCUT2D eigenvalue weighted by atomic mass is 10.1. The second kappa shape index (κ2) is 4.23. The van der Waals surface area contributed by atoms with Crippen LogP contribution >= 0.6 is 23.2 Å². The van der Waals surface area contributed by atoms with E-state index in [1.54, 1.807) is 32.0 Å². The molecule has 1 aromatic carbocycles. The predicted molar refractivity (Wildman–Crippen MR) is 59.6 cm³/mol. The van der Waals surface area contributed by atoms with Crippen molar-refractivity contribution in [3.05, 3.63) is 33.8 Å². The average molecular weight is 229 g/mol. The average Bonchev–Trinajstić information content (AvgIpc) is 2.01. The summed E-state index contributed by atoms with van der Waals surface area (Å²) in [5.41, 5.74) is -0.486. The monoisotopic (exact) mass is 228 g/mol. The molecule has 0 aliphatic rings. The number of hydrogen-bond acceptors (Lipinski definition) is 1. The van der Waals surface area contributed by atoms with E-state index in [9.17, 15) is 5.11 Å². The number of rotatable bonds is 0. The van der Waals surface area contributed by atoms with Crippen molar-refractivity contribution < 1.29 is 5.11 Å². The van der Waals surface area contributed by atoms with Gasteiger partial charge in [0.05, 0.1) is 15.6 Å². The van der Waals surface area contributed by atoms with Crippen molar-refractivity contribution in [1.82, 2.24) is 0 Å². The molecule has 0 unspecified atom stereocenters. The summed E-state index contributed by atoms with van der Waals surface area (Å²) in [5.74, 6) is 5.41. The molecule has 0 aromatic heterocycles. The van der Waals surface area contributed by atoms with E-state index >= 15 is 0 Å². The Morgan fingerprint density at radius 1 is 1.21 bits per heavy atom. The Hall–Kier alpha value is -0.680. The van der Waals surface area contributed by atoms with Crippen LogP contribution in [0.4, 0.5) is 0 Å². The van der Waals surface area contributed by atoms with Gasteiger partial charge in [-0.25, -0.2) is 0 Å². The highest BCUT2D eigenvalue weighted by Gasteiger charge is 2.07. The quantitative estimate of drug-likeness (QED) is 0.677. The first-order chi connectivity index (χ1) is 6.40. The lowest BCUT2D eigenvalue weighted by Crippen LogP contribution is -2.14. The number of benzene rings is 1. The van der Waals surface area contributed by atoms with Crippen LogP contribution in [-0.2, 0) is 0 Å². The third-order valence-electron chi connectivity index (χ3n) is 1.46. The van der Waals surface area contributed by atoms with E-state index in [0.717, 1.165) is 0 Å². The van der Waals surface area contributed by atoms with E-state index < -0.39 is 5.60 Å². The van der Waals surface area contributed by atoms with Crippen LogP contribution in [0.1, 0.15) is 19.4 Å². The topological polar surface area (TPSA) is 20.2 Å². The molecule has 14 heavy (non-hydrogen) atoms. The van der Waals surface area contributed by atoms with Gasteiger partial charge < -0.3 is 5.11 Å². The lowest BCUT2D eigenvalue weighted by molar-refractivity contribution is 0.143. The molecule has 1 rings (SSSR count). The second-order valence-electron chi connectivity index (χ2n) is 3.41. The Bertz CT molecular complexity index is 374. The first-order valence-corrected chi connectivity index (χ1v) is 4.85. The molecular weight excluding hydrogens is 219 g/mol. The maximum absolute atomic E-state index is 9.40. The van der Waals surface area contributed by atoms with E-state index in [4.69, 9.17) is 23.2 Å². The first-order valence-electron chi connectivity index (χ1n) is 4.10. The van der Waals surface area contributed by atoms with Gasteiger partial charge in [-0.15, -0.1) is 0 Å². The Balaban J connectivity index is 3.13. The SMILES string of the molecule is CC(C)(O)C#Cc1c(Cl)cccc1Cl. The summed E-state index contributed by atoms with van der Waals surface area (Å²) >= 11 is 11.8. The van der Waals surface area contributed by atoms with Gasteiger partial charge in [-0.05, 0) is 26.0 Å². The van der Waals surface area contributed by atoms with E-state index in [0.29, 0.717) is 15.6 Å². The van der Waals surface area contributed by atoms with E-state index in [1.807, 2.05) is 0 Å². The van der Waals surface area contributed by atoms with Crippen molar-refractivity contribution in [1.29, 1.82) is 0 Å². The summed E-state index contributed by atoms with van der Waals surface area (Å²) in [6.07, 6.45) is 0. The minimum atomic E-state index is -1.04. The van der Waals surface area contributed by atoms with Gasteiger partial charge >= 0.3 is 0 Å². The minimum Gasteiger partial charge on any atom is -0.378 e. The van der Waals surface area contributed by atoms with Crippen molar-refractivity contribution in [2.24, 2.45) is 0 Å². The lowest BCUT2D eigenvalue weighted by Gasteiger charge is -2.06. The number of aliphatic hydroxyl groups is 1. The van der Waals surface area contributed by atoms with E-state index in [2.05, 4.69) is 11.8 Å². The first kappa shape index (κ1) is 11.4. The Morgan fingerprint density at radius 2 is 1.71 bits per heavy atom. The fourth-order valence-electron chi connectivity index (χ4n) is 0.833. The van der Waals surface area contributed by atoms with Gasteiger partial charge in [0.25, 0.3) is 0 Å². The standard InChI is InChI=1S/C11H10Cl2O/c1-11(2,14)7-6-8-9(12)4-3-5-10(8)13/h3-5,14H,1-2H3. The molecule has 1 nitrogen and oxygen atoms in total. The molecule has 1 aromatic rings. The molecule has 0 heterocycles. The van der Waals surface area contributed by atoms with Crippen LogP contribution in [0.25, 0.3) is 0 Å². The zero-order valence-corrected chi connectivity index (χ0v) is 9.45. The van der Waals surface area contributed by atoms with Gasteiger partial charge in [-0.3, -0.25) is 0 Å². The molecule has 0 bridgehead atoms. The minimum absolute atomic E-state index is 0.495. The fourth-order valence-corrected chi connectivity index (χ4v) is 1.32. The summed E-state index contributed by atoms with van der Waals surface area (Å²) in [7, 11) is 0. The number of hydrogen-bond donors (Lipinski definition) is 1. The van der Waals surface area contributed by atoms with Crippen LogP contribution in [0.2, 0.25) is 10.0 Å². The highest BCUT2D eigenvalue weighted by atomic mass is 35.5. The van der Waals surface area contributed by atoms with Crippen LogP contribution in [0.3, 0.4) is 0 Å². The Kier molecular flexibility index (Phi) is 3.44. The summed E-state index contributed by atoms with van der Waals surface area (Å²) < 4.78 is 0. The van der Waals surface area contributed by atoms with Crippen molar-refractivity contribution in [2.75, 3.05) is 0 Å². The van der Waals surface area contributed by atoms with Gasteiger partial charge in [-0.2, -0.15) is 0 Å². The maximum atomic E-state index is 9.40. The molecule has 74 valence electrons. The van der Waals surface area contributed by atoms with Crippen LogP contribution in [-0.4, -0.2) is 10.7 Å². The maximum Gasteiger partial charge on any atom is 0.120 e. The molecule has 0 saturated carbocycles. The molecule has 0 radical (unpaired) electrons. The molecule has 0 atom stereocenters. The predicted octanol–water partition coefficient (Wildman–Crippen LogP) is 3.12. The van der Waals surface area contributed by atoms with Crippen LogP contribution < -0.4 is 0 Å². The van der Waals surface area contributed by atoms with Crippen molar-refractivity contribution in [3.63, 3.8) is 0 Å². The molecule has 0 saturated heterocycles. The summed E-state index contributed by atoms with van der Waals surface area (Å²) in [4.78, 5) is 0. The largest absolute Gasteiger partial charge is 0.378 e. The third-order valence-corrected chi connectivity index (χ3v) is 2.09. The van der Waals surface area contributed by atoms with Gasteiger partial charge in [-0.1, -0.05) is 41.1 Å². The highest BCUT2D eigenvalue weighted by molar-refractivity contribution is 6.36. The second-order valence-corrected chi connectivity index (χ2v) is 4.22. The molecule has 1 N–H and O–H groups in total. The van der Waals surface area contributed by atoms with E-state index in [-0.39, 0.29) is 0 Å². The summed E-state index contributed by atoms with van der Waals surface area (Å²) in [5, 5.41) is 10.4. The van der Waals surface area contributed by atoms with E-state index in [1.165, 1.54) is 0 Å². The van der Waals surface area contributed by atoms with Crippen molar-refractivity contribution in [3.8, 4) is 11.8 Å². The summed E-state index contributed by atoms with van der Waals surface area (Å²) in [6, 6.07) is 5.17. The zero-order chi connectivity index (χ0) is 10.8. The summed E-state index contributed by atoms with van der Waals surface area (Å²) in [6.45, 7) is 3.20. The van der Waals surface area contributed by atoms with Crippen molar-refractivity contribution >= 4 is 23.2 Å². The van der Waals surface area contributed by atoms with Crippen LogP contribution in [0.15, 0.2) is 18.2 Å².